The number of aromatic amines is 2. The third kappa shape index (κ3) is 1.47. The van der Waals surface area contributed by atoms with Gasteiger partial charge < -0.3 is 4.98 Å². The molecular weight excluding hydrogens is 284 g/mol. The van der Waals surface area contributed by atoms with E-state index in [9.17, 15) is 4.79 Å². The third-order valence-corrected chi connectivity index (χ3v) is 4.08. The molecule has 0 spiro atoms. The van der Waals surface area contributed by atoms with Crippen LogP contribution >= 0.6 is 0 Å². The van der Waals surface area contributed by atoms with Gasteiger partial charge >= 0.3 is 5.69 Å². The number of tetrazole rings is 1. The summed E-state index contributed by atoms with van der Waals surface area (Å²) < 4.78 is 1.25. The van der Waals surface area contributed by atoms with Gasteiger partial charge in [-0.25, -0.2) is 9.89 Å². The predicted octanol–water partition coefficient (Wildman–Crippen LogP) is 0.240. The number of rotatable bonds is 1. The van der Waals surface area contributed by atoms with Crippen LogP contribution in [-0.4, -0.2) is 40.2 Å². The second-order valence-corrected chi connectivity index (χ2v) is 5.37. The first-order valence-corrected chi connectivity index (χ1v) is 6.98. The number of hydrogen-bond acceptors (Lipinski definition) is 6. The molecule has 3 aromatic heterocycles. The first-order chi connectivity index (χ1) is 10.8. The molecule has 1 aromatic carbocycles. The van der Waals surface area contributed by atoms with Gasteiger partial charge in [0.05, 0.1) is 5.52 Å². The van der Waals surface area contributed by atoms with E-state index >= 15 is 0 Å². The van der Waals surface area contributed by atoms with Crippen LogP contribution in [0.5, 0.6) is 0 Å². The molecule has 1 aliphatic rings. The quantitative estimate of drug-likeness (QED) is 0.519. The number of benzene rings is 1. The Morgan fingerprint density at radius 2 is 2.00 bits per heavy atom. The number of hydrogen-bond donors (Lipinski definition) is 2. The molecule has 22 heavy (non-hydrogen) atoms. The van der Waals surface area contributed by atoms with E-state index in [4.69, 9.17) is 0 Å². The number of aryl methyl sites for hydroxylation is 2. The normalized spacial score (nSPS) is 14.0. The molecule has 0 fully saturated rings. The summed E-state index contributed by atoms with van der Waals surface area (Å²) in [6.45, 7) is 0. The molecule has 0 radical (unpaired) electrons. The minimum absolute atomic E-state index is 0.373. The molecular formula is C13H10N8O. The van der Waals surface area contributed by atoms with Crippen LogP contribution in [0, 0.1) is 0 Å². The minimum Gasteiger partial charge on any atom is -0.319 e. The van der Waals surface area contributed by atoms with Crippen LogP contribution in [-0.2, 0) is 12.8 Å². The van der Waals surface area contributed by atoms with E-state index in [1.165, 1.54) is 15.6 Å². The molecule has 2 N–H and O–H groups in total. The van der Waals surface area contributed by atoms with Gasteiger partial charge in [-0.3, -0.25) is 0 Å². The molecule has 0 atom stereocenters. The SMILES string of the molecule is O=c1nc2cc3c(cc2c2[nH]c(-c4nnn[nH]4)nn12)CCC3. The van der Waals surface area contributed by atoms with Crippen LogP contribution < -0.4 is 5.69 Å². The zero-order chi connectivity index (χ0) is 14.7. The smallest absolute Gasteiger partial charge is 0.319 e. The summed E-state index contributed by atoms with van der Waals surface area (Å²) in [5, 5.41) is 18.6. The van der Waals surface area contributed by atoms with Gasteiger partial charge in [0.25, 0.3) is 0 Å². The van der Waals surface area contributed by atoms with Crippen LogP contribution in [0.4, 0.5) is 0 Å². The highest BCUT2D eigenvalue weighted by Gasteiger charge is 2.17. The van der Waals surface area contributed by atoms with Gasteiger partial charge in [0.15, 0.2) is 5.82 Å². The zero-order valence-corrected chi connectivity index (χ0v) is 11.4. The van der Waals surface area contributed by atoms with E-state index in [0.717, 1.165) is 24.6 Å². The maximum absolute atomic E-state index is 12.2. The molecule has 4 aromatic rings. The Balaban J connectivity index is 1.89. The monoisotopic (exact) mass is 294 g/mol. The fourth-order valence-electron chi connectivity index (χ4n) is 3.07. The van der Waals surface area contributed by atoms with E-state index < -0.39 is 5.69 Å². The average molecular weight is 294 g/mol. The van der Waals surface area contributed by atoms with Gasteiger partial charge in [-0.15, -0.1) is 10.2 Å². The summed E-state index contributed by atoms with van der Waals surface area (Å²) in [6.07, 6.45) is 3.25. The highest BCUT2D eigenvalue weighted by molar-refractivity contribution is 5.92. The van der Waals surface area contributed by atoms with E-state index in [-0.39, 0.29) is 0 Å². The molecule has 108 valence electrons. The van der Waals surface area contributed by atoms with Crippen molar-refractivity contribution in [3.8, 4) is 11.6 Å². The highest BCUT2D eigenvalue weighted by Crippen LogP contribution is 2.27. The lowest BCUT2D eigenvalue weighted by molar-refractivity contribution is 0.880. The van der Waals surface area contributed by atoms with E-state index in [1.54, 1.807) is 0 Å². The number of fused-ring (bicyclic) bond motifs is 4. The van der Waals surface area contributed by atoms with Crippen molar-refractivity contribution < 1.29 is 0 Å². The van der Waals surface area contributed by atoms with Gasteiger partial charge in [-0.05, 0) is 52.9 Å². The Labute approximate surface area is 122 Å². The highest BCUT2D eigenvalue weighted by atomic mass is 16.1. The molecule has 0 saturated carbocycles. The van der Waals surface area contributed by atoms with Crippen LogP contribution in [0.2, 0.25) is 0 Å². The predicted molar refractivity (Wildman–Crippen MR) is 76.3 cm³/mol. The minimum atomic E-state index is -0.421. The summed E-state index contributed by atoms with van der Waals surface area (Å²) in [5.74, 6) is 0.773. The van der Waals surface area contributed by atoms with Crippen LogP contribution in [0.25, 0.3) is 28.2 Å². The van der Waals surface area contributed by atoms with Gasteiger partial charge in [0, 0.05) is 5.39 Å². The number of nitrogens with one attached hydrogen (secondary N) is 2. The maximum atomic E-state index is 12.2. The summed E-state index contributed by atoms with van der Waals surface area (Å²) in [5.41, 5.74) is 3.47. The van der Waals surface area contributed by atoms with Gasteiger partial charge in [0.2, 0.25) is 5.82 Å². The summed E-state index contributed by atoms with van der Waals surface area (Å²) in [6, 6.07) is 4.11. The van der Waals surface area contributed by atoms with Crippen molar-refractivity contribution in [2.24, 2.45) is 0 Å². The van der Waals surface area contributed by atoms with Crippen molar-refractivity contribution in [3.05, 3.63) is 33.7 Å². The Morgan fingerprint density at radius 1 is 1.14 bits per heavy atom. The fourth-order valence-corrected chi connectivity index (χ4v) is 3.07. The molecule has 9 heteroatoms. The van der Waals surface area contributed by atoms with Crippen molar-refractivity contribution in [1.82, 2.24) is 40.2 Å². The third-order valence-electron chi connectivity index (χ3n) is 4.08. The number of nitrogens with zero attached hydrogens (tertiary/aromatic N) is 6. The summed E-state index contributed by atoms with van der Waals surface area (Å²) in [4.78, 5) is 19.4. The lowest BCUT2D eigenvalue weighted by Gasteiger charge is -2.03. The van der Waals surface area contributed by atoms with E-state index in [0.29, 0.717) is 22.8 Å². The molecule has 5 rings (SSSR count). The van der Waals surface area contributed by atoms with E-state index in [2.05, 4.69) is 41.8 Å². The van der Waals surface area contributed by atoms with Crippen molar-refractivity contribution in [2.75, 3.05) is 0 Å². The van der Waals surface area contributed by atoms with Gasteiger partial charge in [-0.1, -0.05) is 0 Å². The Kier molecular flexibility index (Phi) is 2.08. The van der Waals surface area contributed by atoms with Gasteiger partial charge in [0.1, 0.15) is 5.65 Å². The van der Waals surface area contributed by atoms with Crippen molar-refractivity contribution >= 4 is 16.6 Å². The molecule has 3 heterocycles. The Bertz CT molecular complexity index is 1080. The second-order valence-electron chi connectivity index (χ2n) is 5.37. The van der Waals surface area contributed by atoms with E-state index in [1.807, 2.05) is 6.07 Å². The fraction of sp³-hybridized carbons (Fsp3) is 0.231. The number of aromatic nitrogens is 8. The lowest BCUT2D eigenvalue weighted by atomic mass is 10.1. The van der Waals surface area contributed by atoms with Crippen molar-refractivity contribution in [2.45, 2.75) is 19.3 Å². The summed E-state index contributed by atoms with van der Waals surface area (Å²) in [7, 11) is 0. The maximum Gasteiger partial charge on any atom is 0.370 e. The molecule has 0 amide bonds. The van der Waals surface area contributed by atoms with Crippen LogP contribution in [0.15, 0.2) is 16.9 Å². The zero-order valence-electron chi connectivity index (χ0n) is 11.4. The van der Waals surface area contributed by atoms with Crippen molar-refractivity contribution in [1.29, 1.82) is 0 Å². The summed E-state index contributed by atoms with van der Waals surface area (Å²) >= 11 is 0. The second kappa shape index (κ2) is 3.97. The molecule has 0 aliphatic heterocycles. The van der Waals surface area contributed by atoms with Crippen molar-refractivity contribution in [3.63, 3.8) is 0 Å². The molecule has 0 unspecified atom stereocenters. The van der Waals surface area contributed by atoms with Crippen LogP contribution in [0.1, 0.15) is 17.5 Å². The molecule has 0 bridgehead atoms. The first kappa shape index (κ1) is 11.5. The molecule has 1 aliphatic carbocycles. The first-order valence-electron chi connectivity index (χ1n) is 6.98. The molecule has 9 nitrogen and oxygen atoms in total. The Hall–Kier alpha value is -3.10. The van der Waals surface area contributed by atoms with Crippen LogP contribution in [0.3, 0.4) is 0 Å². The topological polar surface area (TPSA) is 118 Å². The number of H-pyrrole nitrogens is 2. The lowest BCUT2D eigenvalue weighted by Crippen LogP contribution is -2.17. The van der Waals surface area contributed by atoms with Gasteiger partial charge in [-0.2, -0.15) is 9.50 Å². The molecule has 0 saturated heterocycles. The Morgan fingerprint density at radius 3 is 2.82 bits per heavy atom. The largest absolute Gasteiger partial charge is 0.370 e. The standard InChI is InChI=1S/C13H10N8O/c22-13-14-9-5-7-3-1-2-6(7)4-8(9)12-15-10(18-21(12)13)11-16-19-20-17-11/h4-5H,1-3H2,(H,15,18)(H,16,17,19,20). The average Bonchev–Trinajstić information content (AvgIpc) is 3.24.